The van der Waals surface area contributed by atoms with E-state index in [4.69, 9.17) is 28.9 Å². The number of aromatic nitrogens is 2. The minimum atomic E-state index is 0. The third kappa shape index (κ3) is 4.27. The lowest BCUT2D eigenvalue weighted by Crippen LogP contribution is -2.35. The first-order valence-electron chi connectivity index (χ1n) is 7.30. The van der Waals surface area contributed by atoms with Crippen molar-refractivity contribution in [2.45, 2.75) is 25.8 Å². The minimum absolute atomic E-state index is 0. The first-order chi connectivity index (χ1) is 10.5. The van der Waals surface area contributed by atoms with Crippen LogP contribution in [0, 0.1) is 5.92 Å². The summed E-state index contributed by atoms with van der Waals surface area (Å²) in [4.78, 5) is 18.8. The Hall–Kier alpha value is -0.720. The van der Waals surface area contributed by atoms with Crippen molar-refractivity contribution in [3.8, 4) is 0 Å². The molecule has 134 valence electrons. The number of nitrogens with two attached hydrogens (primary N) is 1. The second-order valence-corrected chi connectivity index (χ2v) is 6.72. The first-order valence-corrected chi connectivity index (χ1v) is 8.05. The number of fused-ring (bicyclic) bond motifs is 1. The van der Waals surface area contributed by atoms with Gasteiger partial charge in [-0.15, -0.1) is 24.8 Å². The smallest absolute Gasteiger partial charge is 0.228 e. The molecule has 2 aromatic rings. The maximum atomic E-state index is 12.5. The van der Waals surface area contributed by atoms with Gasteiger partial charge in [0.05, 0.1) is 22.2 Å². The van der Waals surface area contributed by atoms with E-state index in [1.807, 2.05) is 4.90 Å². The predicted molar refractivity (Wildman–Crippen MR) is 102 cm³/mol. The Bertz CT molecular complexity index is 721. The van der Waals surface area contributed by atoms with Crippen LogP contribution >= 0.6 is 48.0 Å². The van der Waals surface area contributed by atoms with Crippen LogP contribution in [0.5, 0.6) is 0 Å². The molecule has 0 saturated carbocycles. The van der Waals surface area contributed by atoms with Gasteiger partial charge in [-0.3, -0.25) is 4.79 Å². The van der Waals surface area contributed by atoms with Crippen molar-refractivity contribution in [3.05, 3.63) is 34.2 Å². The number of pyridine rings is 1. The summed E-state index contributed by atoms with van der Waals surface area (Å²) in [6, 6.07) is 1.88. The van der Waals surface area contributed by atoms with Crippen molar-refractivity contribution in [1.82, 2.24) is 14.3 Å². The quantitative estimate of drug-likeness (QED) is 0.839. The molecule has 5 nitrogen and oxygen atoms in total. The van der Waals surface area contributed by atoms with E-state index in [0.717, 1.165) is 13.0 Å². The van der Waals surface area contributed by atoms with Crippen LogP contribution < -0.4 is 5.73 Å². The molecule has 1 aliphatic rings. The molecule has 0 spiro atoms. The van der Waals surface area contributed by atoms with Crippen LogP contribution in [-0.2, 0) is 11.2 Å². The maximum absolute atomic E-state index is 12.5. The molecule has 0 aromatic carbocycles. The topological polar surface area (TPSA) is 63.6 Å². The van der Waals surface area contributed by atoms with Gasteiger partial charge < -0.3 is 15.0 Å². The lowest BCUT2D eigenvalue weighted by atomic mass is 10.1. The van der Waals surface area contributed by atoms with Crippen LogP contribution in [0.4, 0.5) is 0 Å². The zero-order valence-electron chi connectivity index (χ0n) is 13.1. The normalized spacial score (nSPS) is 19.9. The third-order valence-corrected chi connectivity index (χ3v) is 4.66. The number of carbonyl (C=O) groups is 1. The van der Waals surface area contributed by atoms with Crippen molar-refractivity contribution in [3.63, 3.8) is 0 Å². The third-order valence-electron chi connectivity index (χ3n) is 4.17. The van der Waals surface area contributed by atoms with Gasteiger partial charge in [-0.2, -0.15) is 0 Å². The highest BCUT2D eigenvalue weighted by molar-refractivity contribution is 6.36. The molecule has 1 fully saturated rings. The van der Waals surface area contributed by atoms with E-state index >= 15 is 0 Å². The molecule has 3 heterocycles. The Morgan fingerprint density at radius 2 is 2.08 bits per heavy atom. The summed E-state index contributed by atoms with van der Waals surface area (Å²) in [6.07, 6.45) is 4.75. The Labute approximate surface area is 163 Å². The number of amides is 1. The second kappa shape index (κ2) is 8.59. The molecule has 2 aromatic heterocycles. The SMILES string of the molecule is CC1CC(CN)CN1C(=O)Cc1cn2cc(Cl)cc(Cl)c2n1.Cl.Cl. The van der Waals surface area contributed by atoms with Crippen molar-refractivity contribution in [2.24, 2.45) is 11.7 Å². The van der Waals surface area contributed by atoms with E-state index in [1.165, 1.54) is 0 Å². The maximum Gasteiger partial charge on any atom is 0.228 e. The van der Waals surface area contributed by atoms with Gasteiger partial charge in [0.15, 0.2) is 5.65 Å². The lowest BCUT2D eigenvalue weighted by molar-refractivity contribution is -0.131. The van der Waals surface area contributed by atoms with Crippen LogP contribution in [0.1, 0.15) is 19.0 Å². The summed E-state index contributed by atoms with van der Waals surface area (Å²) in [5, 5.41) is 1.01. The molecule has 2 N–H and O–H groups in total. The van der Waals surface area contributed by atoms with Gasteiger partial charge in [0.25, 0.3) is 0 Å². The number of carbonyl (C=O) groups excluding carboxylic acids is 1. The van der Waals surface area contributed by atoms with Crippen molar-refractivity contribution >= 4 is 59.6 Å². The zero-order valence-corrected chi connectivity index (χ0v) is 16.3. The van der Waals surface area contributed by atoms with E-state index in [0.29, 0.717) is 33.8 Å². The van der Waals surface area contributed by atoms with Gasteiger partial charge in [0, 0.05) is 25.0 Å². The van der Waals surface area contributed by atoms with Crippen LogP contribution in [0.25, 0.3) is 5.65 Å². The average Bonchev–Trinajstić information content (AvgIpc) is 3.01. The predicted octanol–water partition coefficient (Wildman–Crippen LogP) is 3.22. The molecule has 9 heteroatoms. The summed E-state index contributed by atoms with van der Waals surface area (Å²) in [5.41, 5.74) is 7.02. The summed E-state index contributed by atoms with van der Waals surface area (Å²) in [6.45, 7) is 3.42. The van der Waals surface area contributed by atoms with E-state index in [-0.39, 0.29) is 43.2 Å². The first kappa shape index (κ1) is 21.3. The van der Waals surface area contributed by atoms with E-state index in [1.54, 1.807) is 22.9 Å². The summed E-state index contributed by atoms with van der Waals surface area (Å²) >= 11 is 12.1. The standard InChI is InChI=1S/C15H18Cl2N4O.2ClH/c1-9-2-10(5-18)6-21(9)14(22)4-12-8-20-7-11(16)3-13(17)15(20)19-12;;/h3,7-10H,2,4-6,18H2,1H3;2*1H. The molecular weight excluding hydrogens is 394 g/mol. The Kier molecular flexibility index (Phi) is 7.63. The van der Waals surface area contributed by atoms with Crippen LogP contribution in [0.2, 0.25) is 10.0 Å². The van der Waals surface area contributed by atoms with Gasteiger partial charge in [-0.05, 0) is 31.9 Å². The van der Waals surface area contributed by atoms with Gasteiger partial charge in [-0.1, -0.05) is 23.2 Å². The van der Waals surface area contributed by atoms with E-state index in [9.17, 15) is 4.79 Å². The average molecular weight is 414 g/mol. The van der Waals surface area contributed by atoms with Gasteiger partial charge in [0.2, 0.25) is 5.91 Å². The molecule has 2 atom stereocenters. The zero-order chi connectivity index (χ0) is 15.9. The number of nitrogens with zero attached hydrogens (tertiary/aromatic N) is 3. The minimum Gasteiger partial charge on any atom is -0.339 e. The highest BCUT2D eigenvalue weighted by Gasteiger charge is 2.31. The molecular formula is C15H20Cl4N4O. The Morgan fingerprint density at radius 1 is 1.38 bits per heavy atom. The van der Waals surface area contributed by atoms with E-state index < -0.39 is 0 Å². The van der Waals surface area contributed by atoms with Crippen LogP contribution in [0.3, 0.4) is 0 Å². The number of hydrogen-bond acceptors (Lipinski definition) is 3. The fourth-order valence-corrected chi connectivity index (χ4v) is 3.61. The molecule has 0 bridgehead atoms. The van der Waals surface area contributed by atoms with Gasteiger partial charge in [0.1, 0.15) is 0 Å². The number of likely N-dealkylation sites (tertiary alicyclic amines) is 1. The van der Waals surface area contributed by atoms with Crippen molar-refractivity contribution in [1.29, 1.82) is 0 Å². The molecule has 1 aliphatic heterocycles. The number of imidazole rings is 1. The monoisotopic (exact) mass is 412 g/mol. The molecule has 2 unspecified atom stereocenters. The largest absolute Gasteiger partial charge is 0.339 e. The van der Waals surface area contributed by atoms with Gasteiger partial charge >= 0.3 is 0 Å². The number of rotatable bonds is 3. The van der Waals surface area contributed by atoms with Crippen molar-refractivity contribution < 1.29 is 4.79 Å². The summed E-state index contributed by atoms with van der Waals surface area (Å²) in [7, 11) is 0. The van der Waals surface area contributed by atoms with Gasteiger partial charge in [-0.25, -0.2) is 4.98 Å². The molecule has 0 aliphatic carbocycles. The molecule has 1 amide bonds. The molecule has 3 rings (SSSR count). The molecule has 0 radical (unpaired) electrons. The number of halogens is 4. The fraction of sp³-hybridized carbons (Fsp3) is 0.467. The Morgan fingerprint density at radius 3 is 2.71 bits per heavy atom. The van der Waals surface area contributed by atoms with Crippen molar-refractivity contribution in [2.75, 3.05) is 13.1 Å². The second-order valence-electron chi connectivity index (χ2n) is 5.88. The van der Waals surface area contributed by atoms with Crippen LogP contribution in [0.15, 0.2) is 18.5 Å². The molecule has 24 heavy (non-hydrogen) atoms. The fourth-order valence-electron chi connectivity index (χ4n) is 3.08. The highest BCUT2D eigenvalue weighted by Crippen LogP contribution is 2.24. The highest BCUT2D eigenvalue weighted by atomic mass is 35.5. The van der Waals surface area contributed by atoms with Crippen LogP contribution in [-0.4, -0.2) is 39.3 Å². The number of hydrogen-bond donors (Lipinski definition) is 1. The summed E-state index contributed by atoms with van der Waals surface area (Å²) < 4.78 is 1.75. The van der Waals surface area contributed by atoms with E-state index in [2.05, 4.69) is 11.9 Å². The Balaban J connectivity index is 0.00000144. The lowest BCUT2D eigenvalue weighted by Gasteiger charge is -2.21. The molecule has 1 saturated heterocycles. The summed E-state index contributed by atoms with van der Waals surface area (Å²) in [5.74, 6) is 0.474.